The number of halogens is 1. The molecule has 0 spiro atoms. The highest BCUT2D eigenvalue weighted by Gasteiger charge is 2.38. The first-order valence-electron chi connectivity index (χ1n) is 10.5. The molecule has 0 aromatic heterocycles. The SMILES string of the molecule is CCNC(=NCC1(N2CCCCC2)CCCCC1)NCCS(=O)(=O)CC.I. The van der Waals surface area contributed by atoms with Gasteiger partial charge in [-0.2, -0.15) is 0 Å². The summed E-state index contributed by atoms with van der Waals surface area (Å²) >= 11 is 0. The first-order valence-corrected chi connectivity index (χ1v) is 12.3. The molecule has 0 radical (unpaired) electrons. The minimum Gasteiger partial charge on any atom is -0.357 e. The van der Waals surface area contributed by atoms with Crippen molar-refractivity contribution >= 4 is 39.8 Å². The highest BCUT2D eigenvalue weighted by Crippen LogP contribution is 2.35. The summed E-state index contributed by atoms with van der Waals surface area (Å²) in [6, 6.07) is 0. The van der Waals surface area contributed by atoms with Gasteiger partial charge in [0.05, 0.1) is 12.3 Å². The zero-order valence-corrected chi connectivity index (χ0v) is 20.3. The second-order valence-corrected chi connectivity index (χ2v) is 10.2. The summed E-state index contributed by atoms with van der Waals surface area (Å²) in [5.41, 5.74) is 0.205. The van der Waals surface area contributed by atoms with E-state index in [-0.39, 0.29) is 41.0 Å². The summed E-state index contributed by atoms with van der Waals surface area (Å²) in [4.78, 5) is 7.59. The van der Waals surface area contributed by atoms with Gasteiger partial charge in [-0.05, 0) is 45.7 Å². The van der Waals surface area contributed by atoms with Crippen LogP contribution in [-0.4, -0.2) is 69.0 Å². The summed E-state index contributed by atoms with van der Waals surface area (Å²) in [5, 5.41) is 6.48. The second kappa shape index (κ2) is 12.5. The molecular weight excluding hydrogens is 475 g/mol. The summed E-state index contributed by atoms with van der Waals surface area (Å²) in [5.74, 6) is 1.10. The van der Waals surface area contributed by atoms with Gasteiger partial charge in [-0.3, -0.25) is 9.89 Å². The Kier molecular flexibility index (Phi) is 11.5. The van der Waals surface area contributed by atoms with Gasteiger partial charge < -0.3 is 10.6 Å². The Morgan fingerprint density at radius 3 is 2.22 bits per heavy atom. The summed E-state index contributed by atoms with van der Waals surface area (Å²) < 4.78 is 23.4. The molecule has 1 aliphatic carbocycles. The number of piperidine rings is 1. The van der Waals surface area contributed by atoms with E-state index in [1.807, 2.05) is 6.92 Å². The van der Waals surface area contributed by atoms with Crippen molar-refractivity contribution in [3.63, 3.8) is 0 Å². The monoisotopic (exact) mass is 514 g/mol. The maximum Gasteiger partial charge on any atom is 0.191 e. The van der Waals surface area contributed by atoms with Crippen LogP contribution in [-0.2, 0) is 9.84 Å². The van der Waals surface area contributed by atoms with Crippen LogP contribution in [0, 0.1) is 0 Å². The first kappa shape index (κ1) is 24.9. The van der Waals surface area contributed by atoms with Crippen LogP contribution in [0.25, 0.3) is 0 Å². The number of guanidine groups is 1. The van der Waals surface area contributed by atoms with E-state index in [2.05, 4.69) is 15.5 Å². The average molecular weight is 515 g/mol. The molecule has 2 aliphatic rings. The Morgan fingerprint density at radius 1 is 1.00 bits per heavy atom. The molecule has 6 nitrogen and oxygen atoms in total. The van der Waals surface area contributed by atoms with Gasteiger partial charge in [0, 0.05) is 24.4 Å². The zero-order valence-electron chi connectivity index (χ0n) is 17.1. The Balaban J connectivity index is 0.00000364. The maximum absolute atomic E-state index is 11.7. The van der Waals surface area contributed by atoms with Gasteiger partial charge in [0.25, 0.3) is 0 Å². The molecule has 1 aliphatic heterocycles. The van der Waals surface area contributed by atoms with Gasteiger partial charge >= 0.3 is 0 Å². The van der Waals surface area contributed by atoms with Crippen molar-refractivity contribution in [2.24, 2.45) is 4.99 Å². The van der Waals surface area contributed by atoms with Crippen LogP contribution in [0.15, 0.2) is 4.99 Å². The first-order chi connectivity index (χ1) is 12.5. The topological polar surface area (TPSA) is 73.8 Å². The van der Waals surface area contributed by atoms with E-state index in [1.165, 1.54) is 64.5 Å². The Hall–Kier alpha value is -0.0900. The third-order valence-corrected chi connectivity index (χ3v) is 7.54. The molecule has 0 aromatic rings. The maximum atomic E-state index is 11.7. The molecule has 160 valence electrons. The van der Waals surface area contributed by atoms with E-state index in [4.69, 9.17) is 4.99 Å². The number of aliphatic imine (C=N–C) groups is 1. The van der Waals surface area contributed by atoms with Gasteiger partial charge in [-0.25, -0.2) is 8.42 Å². The minimum atomic E-state index is -2.95. The van der Waals surface area contributed by atoms with Gasteiger partial charge in [0.15, 0.2) is 15.8 Å². The molecule has 1 heterocycles. The molecule has 2 rings (SSSR count). The molecule has 0 amide bonds. The molecule has 0 bridgehead atoms. The molecule has 8 heteroatoms. The molecule has 27 heavy (non-hydrogen) atoms. The van der Waals surface area contributed by atoms with Crippen molar-refractivity contribution in [3.8, 4) is 0 Å². The fourth-order valence-electron chi connectivity index (χ4n) is 4.19. The fourth-order valence-corrected chi connectivity index (χ4v) is 4.89. The number of rotatable bonds is 8. The number of hydrogen-bond acceptors (Lipinski definition) is 4. The van der Waals surface area contributed by atoms with Crippen LogP contribution < -0.4 is 10.6 Å². The van der Waals surface area contributed by atoms with Crippen LogP contribution in [0.5, 0.6) is 0 Å². The number of likely N-dealkylation sites (tertiary alicyclic amines) is 1. The second-order valence-electron chi connectivity index (χ2n) is 7.69. The minimum absolute atomic E-state index is 0. The van der Waals surface area contributed by atoms with Crippen molar-refractivity contribution in [1.82, 2.24) is 15.5 Å². The van der Waals surface area contributed by atoms with Gasteiger partial charge in [0.1, 0.15) is 0 Å². The predicted octanol–water partition coefficient (Wildman–Crippen LogP) is 2.78. The number of hydrogen-bond donors (Lipinski definition) is 2. The fraction of sp³-hybridized carbons (Fsp3) is 0.947. The van der Waals surface area contributed by atoms with Crippen molar-refractivity contribution in [3.05, 3.63) is 0 Å². The Morgan fingerprint density at radius 2 is 1.63 bits per heavy atom. The molecule has 0 aromatic carbocycles. The van der Waals surface area contributed by atoms with Gasteiger partial charge in [-0.15, -0.1) is 24.0 Å². The normalized spacial score (nSPS) is 21.3. The van der Waals surface area contributed by atoms with Crippen LogP contribution in [0.4, 0.5) is 0 Å². The van der Waals surface area contributed by atoms with Crippen LogP contribution in [0.2, 0.25) is 0 Å². The van der Waals surface area contributed by atoms with Crippen LogP contribution in [0.1, 0.15) is 65.2 Å². The summed E-state index contributed by atoms with van der Waals surface area (Å²) in [6.45, 7) is 8.15. The van der Waals surface area contributed by atoms with E-state index in [0.29, 0.717) is 6.54 Å². The van der Waals surface area contributed by atoms with E-state index < -0.39 is 9.84 Å². The largest absolute Gasteiger partial charge is 0.357 e. The van der Waals surface area contributed by atoms with E-state index in [0.717, 1.165) is 19.0 Å². The molecule has 1 saturated heterocycles. The van der Waals surface area contributed by atoms with Crippen molar-refractivity contribution in [2.45, 2.75) is 70.8 Å². The lowest BCUT2D eigenvalue weighted by molar-refractivity contribution is 0.0407. The van der Waals surface area contributed by atoms with Crippen LogP contribution >= 0.6 is 24.0 Å². The van der Waals surface area contributed by atoms with Crippen LogP contribution in [0.3, 0.4) is 0 Å². The van der Waals surface area contributed by atoms with Crippen molar-refractivity contribution in [1.29, 1.82) is 0 Å². The third-order valence-electron chi connectivity index (χ3n) is 5.83. The van der Waals surface area contributed by atoms with E-state index in [9.17, 15) is 8.42 Å². The van der Waals surface area contributed by atoms with Gasteiger partial charge in [-0.1, -0.05) is 32.6 Å². The zero-order chi connectivity index (χ0) is 18.9. The lowest BCUT2D eigenvalue weighted by Gasteiger charge is -2.47. The molecule has 0 unspecified atom stereocenters. The van der Waals surface area contributed by atoms with E-state index in [1.54, 1.807) is 6.92 Å². The summed E-state index contributed by atoms with van der Waals surface area (Å²) in [7, 11) is -2.95. The standard InChI is InChI=1S/C19H38N4O2S.HI/c1-3-20-18(21-13-16-26(24,25)4-2)22-17-19(11-7-5-8-12-19)23-14-9-6-10-15-23;/h3-17H2,1-2H3,(H2,20,21,22);1H. The smallest absolute Gasteiger partial charge is 0.191 e. The molecule has 2 fully saturated rings. The average Bonchev–Trinajstić information content (AvgIpc) is 2.67. The van der Waals surface area contributed by atoms with Gasteiger partial charge in [0.2, 0.25) is 0 Å². The Bertz CT molecular complexity index is 542. The highest BCUT2D eigenvalue weighted by atomic mass is 127. The lowest BCUT2D eigenvalue weighted by Crippen LogP contribution is -2.54. The number of nitrogens with one attached hydrogen (secondary N) is 2. The summed E-state index contributed by atoms with van der Waals surface area (Å²) in [6.07, 6.45) is 10.4. The van der Waals surface area contributed by atoms with Crippen molar-refractivity contribution in [2.75, 3.05) is 44.2 Å². The lowest BCUT2D eigenvalue weighted by atomic mass is 9.79. The number of nitrogens with zero attached hydrogens (tertiary/aromatic N) is 2. The predicted molar refractivity (Wildman–Crippen MR) is 125 cm³/mol. The van der Waals surface area contributed by atoms with E-state index >= 15 is 0 Å². The Labute approximate surface area is 183 Å². The number of sulfone groups is 1. The molecular formula is C19H39IN4O2S. The quantitative estimate of drug-likeness (QED) is 0.296. The highest BCUT2D eigenvalue weighted by molar-refractivity contribution is 14.0. The van der Waals surface area contributed by atoms with Crippen molar-refractivity contribution < 1.29 is 8.42 Å². The molecule has 0 atom stereocenters. The molecule has 2 N–H and O–H groups in total. The third kappa shape index (κ3) is 8.04. The molecule has 1 saturated carbocycles.